The number of hydrogen-bond acceptors (Lipinski definition) is 2. The number of rotatable bonds is 2. The van der Waals surface area contributed by atoms with E-state index in [1.54, 1.807) is 0 Å². The van der Waals surface area contributed by atoms with Crippen LogP contribution in [0.5, 0.6) is 0 Å². The second kappa shape index (κ2) is 6.94. The lowest BCUT2D eigenvalue weighted by Gasteiger charge is -2.36. The summed E-state index contributed by atoms with van der Waals surface area (Å²) in [5.74, 6) is 1.02. The van der Waals surface area contributed by atoms with Crippen LogP contribution in [0.15, 0.2) is 0 Å². The Hall–Kier alpha value is -0.280. The molecule has 1 saturated carbocycles. The Balaban J connectivity index is 0.00000180. The number of piperazine rings is 1. The number of nitrogens with zero attached hydrogens (tertiary/aromatic N) is 1. The average molecular weight is 289 g/mol. The van der Waals surface area contributed by atoms with Gasteiger partial charge in [-0.2, -0.15) is 0 Å². The Kier molecular flexibility index (Phi) is 6.13. The molecule has 2 fully saturated rings. The van der Waals surface area contributed by atoms with Gasteiger partial charge in [0, 0.05) is 32.1 Å². The summed E-state index contributed by atoms with van der Waals surface area (Å²) in [5, 5.41) is 3.39. The highest BCUT2D eigenvalue weighted by molar-refractivity contribution is 5.85. The molecule has 1 heterocycles. The molecule has 1 amide bonds. The van der Waals surface area contributed by atoms with Gasteiger partial charge in [-0.15, -0.1) is 12.4 Å². The van der Waals surface area contributed by atoms with Crippen LogP contribution < -0.4 is 5.32 Å². The molecule has 112 valence electrons. The molecule has 2 aliphatic rings. The van der Waals surface area contributed by atoms with E-state index in [1.165, 1.54) is 25.7 Å². The van der Waals surface area contributed by atoms with E-state index in [-0.39, 0.29) is 12.4 Å². The summed E-state index contributed by atoms with van der Waals surface area (Å²) < 4.78 is 0. The van der Waals surface area contributed by atoms with Gasteiger partial charge in [0.2, 0.25) is 5.91 Å². The van der Waals surface area contributed by atoms with Crippen LogP contribution in [0.25, 0.3) is 0 Å². The van der Waals surface area contributed by atoms with E-state index in [0.29, 0.717) is 23.3 Å². The zero-order valence-corrected chi connectivity index (χ0v) is 13.4. The summed E-state index contributed by atoms with van der Waals surface area (Å²) in [4.78, 5) is 14.3. The van der Waals surface area contributed by atoms with E-state index >= 15 is 0 Å². The van der Waals surface area contributed by atoms with Gasteiger partial charge in [0.25, 0.3) is 0 Å². The summed E-state index contributed by atoms with van der Waals surface area (Å²) in [7, 11) is 0. The zero-order chi connectivity index (χ0) is 13.2. The highest BCUT2D eigenvalue weighted by atomic mass is 35.5. The van der Waals surface area contributed by atoms with Crippen molar-refractivity contribution in [3.63, 3.8) is 0 Å². The fourth-order valence-corrected chi connectivity index (χ4v) is 3.20. The fraction of sp³-hybridized carbons (Fsp3) is 0.933. The van der Waals surface area contributed by atoms with Crippen molar-refractivity contribution in [3.05, 3.63) is 0 Å². The molecule has 1 saturated heterocycles. The molecule has 3 nitrogen and oxygen atoms in total. The van der Waals surface area contributed by atoms with E-state index in [9.17, 15) is 4.79 Å². The quantitative estimate of drug-likeness (QED) is 0.847. The molecule has 0 aromatic carbocycles. The number of carbonyl (C=O) groups is 1. The second-order valence-electron chi connectivity index (χ2n) is 7.01. The minimum absolute atomic E-state index is 0. The molecule has 4 heteroatoms. The maximum absolute atomic E-state index is 12.3. The summed E-state index contributed by atoms with van der Waals surface area (Å²) in [5.41, 5.74) is 0.503. The number of hydrogen-bond donors (Lipinski definition) is 1. The average Bonchev–Trinajstić information content (AvgIpc) is 2.32. The molecule has 1 aliphatic heterocycles. The topological polar surface area (TPSA) is 32.3 Å². The fourth-order valence-electron chi connectivity index (χ4n) is 3.20. The molecule has 0 bridgehead atoms. The van der Waals surface area contributed by atoms with Crippen LogP contribution in [0.3, 0.4) is 0 Å². The first-order valence-corrected chi connectivity index (χ1v) is 7.47. The van der Waals surface area contributed by atoms with Crippen molar-refractivity contribution < 1.29 is 4.79 Å². The van der Waals surface area contributed by atoms with Crippen molar-refractivity contribution in [2.45, 2.75) is 58.9 Å². The van der Waals surface area contributed by atoms with Crippen LogP contribution in [0, 0.1) is 11.3 Å². The van der Waals surface area contributed by atoms with Crippen molar-refractivity contribution in [2.24, 2.45) is 11.3 Å². The van der Waals surface area contributed by atoms with Gasteiger partial charge in [0.1, 0.15) is 0 Å². The molecule has 0 aromatic rings. The predicted molar refractivity (Wildman–Crippen MR) is 81.6 cm³/mol. The Bertz CT molecular complexity index is 297. The monoisotopic (exact) mass is 288 g/mol. The van der Waals surface area contributed by atoms with E-state index in [0.717, 1.165) is 26.1 Å². The van der Waals surface area contributed by atoms with E-state index in [4.69, 9.17) is 0 Å². The van der Waals surface area contributed by atoms with Crippen LogP contribution in [0.1, 0.15) is 52.9 Å². The Morgan fingerprint density at radius 3 is 2.53 bits per heavy atom. The minimum Gasteiger partial charge on any atom is -0.340 e. The van der Waals surface area contributed by atoms with Gasteiger partial charge in [-0.05, 0) is 43.9 Å². The highest BCUT2D eigenvalue weighted by Crippen LogP contribution is 2.39. The molecule has 0 radical (unpaired) electrons. The third-order valence-electron chi connectivity index (χ3n) is 4.64. The molecular weight excluding hydrogens is 260 g/mol. The van der Waals surface area contributed by atoms with Gasteiger partial charge in [0.05, 0.1) is 0 Å². The molecular formula is C15H29ClN2O. The minimum atomic E-state index is 0. The van der Waals surface area contributed by atoms with Crippen LogP contribution in [0.2, 0.25) is 0 Å². The Morgan fingerprint density at radius 2 is 1.95 bits per heavy atom. The molecule has 0 spiro atoms. The number of amides is 1. The molecule has 19 heavy (non-hydrogen) atoms. The summed E-state index contributed by atoms with van der Waals surface area (Å²) in [6.07, 6.45) is 5.81. The van der Waals surface area contributed by atoms with Gasteiger partial charge in [0.15, 0.2) is 0 Å². The van der Waals surface area contributed by atoms with Crippen LogP contribution in [-0.4, -0.2) is 36.5 Å². The smallest absolute Gasteiger partial charge is 0.222 e. The molecule has 1 atom stereocenters. The van der Waals surface area contributed by atoms with Gasteiger partial charge < -0.3 is 10.2 Å². The first-order chi connectivity index (χ1) is 8.46. The van der Waals surface area contributed by atoms with Gasteiger partial charge >= 0.3 is 0 Å². The number of halogens is 1. The Labute approximate surface area is 123 Å². The third kappa shape index (κ3) is 4.96. The van der Waals surface area contributed by atoms with Crippen LogP contribution in [0.4, 0.5) is 0 Å². The van der Waals surface area contributed by atoms with Crippen molar-refractivity contribution in [2.75, 3.05) is 19.6 Å². The Morgan fingerprint density at radius 1 is 1.32 bits per heavy atom. The van der Waals surface area contributed by atoms with Crippen molar-refractivity contribution >= 4 is 18.3 Å². The predicted octanol–water partition coefficient (Wildman–Crippen LogP) is 2.84. The lowest BCUT2D eigenvalue weighted by atomic mass is 9.72. The lowest BCUT2D eigenvalue weighted by molar-refractivity contribution is -0.133. The van der Waals surface area contributed by atoms with Crippen molar-refractivity contribution in [3.8, 4) is 0 Å². The zero-order valence-electron chi connectivity index (χ0n) is 12.6. The number of carbonyl (C=O) groups excluding carboxylic acids is 1. The third-order valence-corrected chi connectivity index (χ3v) is 4.64. The van der Waals surface area contributed by atoms with Gasteiger partial charge in [-0.1, -0.05) is 13.8 Å². The summed E-state index contributed by atoms with van der Waals surface area (Å²) in [6.45, 7) is 9.58. The largest absolute Gasteiger partial charge is 0.340 e. The molecule has 1 N–H and O–H groups in total. The SMILES string of the molecule is C[C@@H]1CN(C(=O)CC2CCC(C)(C)CC2)CCN1.Cl. The standard InChI is InChI=1S/C15H28N2O.ClH/c1-12-11-17(9-8-16-12)14(18)10-13-4-6-15(2,3)7-5-13;/h12-13,16H,4-11H2,1-3H3;1H/t12-;/m1./s1. The first kappa shape index (κ1) is 16.8. The molecule has 0 aromatic heterocycles. The first-order valence-electron chi connectivity index (χ1n) is 7.47. The van der Waals surface area contributed by atoms with Crippen molar-refractivity contribution in [1.82, 2.24) is 10.2 Å². The lowest BCUT2D eigenvalue weighted by Crippen LogP contribution is -2.51. The van der Waals surface area contributed by atoms with E-state index < -0.39 is 0 Å². The van der Waals surface area contributed by atoms with E-state index in [2.05, 4.69) is 31.0 Å². The molecule has 2 rings (SSSR count). The maximum atomic E-state index is 12.3. The van der Waals surface area contributed by atoms with Crippen molar-refractivity contribution in [1.29, 1.82) is 0 Å². The summed E-state index contributed by atoms with van der Waals surface area (Å²) >= 11 is 0. The molecule has 1 aliphatic carbocycles. The van der Waals surface area contributed by atoms with E-state index in [1.807, 2.05) is 0 Å². The normalized spacial score (nSPS) is 27.7. The van der Waals surface area contributed by atoms with Gasteiger partial charge in [-0.3, -0.25) is 4.79 Å². The van der Waals surface area contributed by atoms with Crippen LogP contribution >= 0.6 is 12.4 Å². The maximum Gasteiger partial charge on any atom is 0.222 e. The van der Waals surface area contributed by atoms with Gasteiger partial charge in [-0.25, -0.2) is 0 Å². The highest BCUT2D eigenvalue weighted by Gasteiger charge is 2.29. The number of nitrogens with one attached hydrogen (secondary N) is 1. The second-order valence-corrected chi connectivity index (χ2v) is 7.01. The molecule has 0 unspecified atom stereocenters. The summed E-state index contributed by atoms with van der Waals surface area (Å²) in [6, 6.07) is 0.452. The van der Waals surface area contributed by atoms with Crippen LogP contribution in [-0.2, 0) is 4.79 Å².